The summed E-state index contributed by atoms with van der Waals surface area (Å²) in [4.78, 5) is 26.6. The van der Waals surface area contributed by atoms with Gasteiger partial charge in [0.25, 0.3) is 0 Å². The maximum Gasteiger partial charge on any atom is 0.311 e. The van der Waals surface area contributed by atoms with Gasteiger partial charge in [-0.15, -0.1) is 0 Å². The van der Waals surface area contributed by atoms with Crippen molar-refractivity contribution in [1.29, 1.82) is 0 Å². The predicted molar refractivity (Wildman–Crippen MR) is 163 cm³/mol. The number of carbonyl (C=O) groups excluding carboxylic acids is 2. The Hall–Kier alpha value is -4.38. The Morgan fingerprint density at radius 3 is 2.46 bits per heavy atom. The average molecular weight is 546 g/mol. The minimum atomic E-state index is -0.286. The number of allylic oxidation sites excluding steroid dienone is 2. The van der Waals surface area contributed by atoms with Crippen LogP contribution in [0, 0.1) is 5.92 Å². The standard InChI is InChI=1S/C36H35NO4/c1-4-40-32-21-25(15-17-31(32)41-33(39)18-22(2)3)34-35-27-13-9-8-12-24(27)14-16-28(35)37-29-19-26(20-30(38)36(29)34)23-10-6-5-7-11-23/h5-17,21-22,26,34,37H,4,18-20H2,1-3H3/t26-,34-/m0/s1. The largest absolute Gasteiger partial charge is 0.490 e. The van der Waals surface area contributed by atoms with Crippen molar-refractivity contribution in [2.45, 2.75) is 51.9 Å². The van der Waals surface area contributed by atoms with E-state index >= 15 is 0 Å². The van der Waals surface area contributed by atoms with Crippen molar-refractivity contribution in [2.75, 3.05) is 11.9 Å². The Balaban J connectivity index is 1.49. The molecule has 1 aliphatic carbocycles. The van der Waals surface area contributed by atoms with Gasteiger partial charge in [0, 0.05) is 35.7 Å². The molecule has 4 aromatic carbocycles. The van der Waals surface area contributed by atoms with Crippen LogP contribution in [-0.4, -0.2) is 18.4 Å². The number of benzene rings is 4. The van der Waals surface area contributed by atoms with Crippen molar-refractivity contribution in [2.24, 2.45) is 5.92 Å². The molecule has 208 valence electrons. The summed E-state index contributed by atoms with van der Waals surface area (Å²) < 4.78 is 11.7. The summed E-state index contributed by atoms with van der Waals surface area (Å²) in [5.74, 6) is 0.819. The molecule has 0 fully saturated rings. The van der Waals surface area contributed by atoms with Crippen molar-refractivity contribution in [3.05, 3.63) is 113 Å². The van der Waals surface area contributed by atoms with Crippen LogP contribution in [0.3, 0.4) is 0 Å². The molecule has 0 saturated carbocycles. The second kappa shape index (κ2) is 11.2. The number of hydrogen-bond acceptors (Lipinski definition) is 5. The summed E-state index contributed by atoms with van der Waals surface area (Å²) in [5.41, 5.74) is 6.01. The SMILES string of the molecule is CCOc1cc([C@@H]2C3=C(C[C@H](c4ccccc4)CC3=O)Nc3ccc4ccccc4c32)ccc1OC(=O)CC(C)C. The summed E-state index contributed by atoms with van der Waals surface area (Å²) in [5, 5.41) is 5.91. The van der Waals surface area contributed by atoms with Gasteiger partial charge in [-0.3, -0.25) is 9.59 Å². The quantitative estimate of drug-likeness (QED) is 0.188. The Kier molecular flexibility index (Phi) is 7.36. The number of ketones is 1. The molecule has 1 aliphatic heterocycles. The lowest BCUT2D eigenvalue weighted by Crippen LogP contribution is -2.30. The zero-order valence-electron chi connectivity index (χ0n) is 23.8. The van der Waals surface area contributed by atoms with Gasteiger partial charge < -0.3 is 14.8 Å². The lowest BCUT2D eigenvalue weighted by atomic mass is 9.71. The molecule has 2 atom stereocenters. The van der Waals surface area contributed by atoms with Crippen molar-refractivity contribution in [1.82, 2.24) is 0 Å². The number of esters is 1. The molecule has 4 aromatic rings. The highest BCUT2D eigenvalue weighted by Gasteiger charge is 2.39. The van der Waals surface area contributed by atoms with Crippen LogP contribution in [-0.2, 0) is 9.59 Å². The van der Waals surface area contributed by atoms with Crippen LogP contribution in [0.5, 0.6) is 11.5 Å². The van der Waals surface area contributed by atoms with E-state index in [1.807, 2.05) is 69.3 Å². The lowest BCUT2D eigenvalue weighted by molar-refractivity contribution is -0.135. The Labute approximate surface area is 241 Å². The average Bonchev–Trinajstić information content (AvgIpc) is 2.97. The number of ether oxygens (including phenoxy) is 2. The zero-order chi connectivity index (χ0) is 28.5. The molecule has 0 aromatic heterocycles. The van der Waals surface area contributed by atoms with E-state index in [1.165, 1.54) is 5.56 Å². The third-order valence-corrected chi connectivity index (χ3v) is 8.01. The van der Waals surface area contributed by atoms with E-state index in [-0.39, 0.29) is 29.5 Å². The van der Waals surface area contributed by atoms with Crippen LogP contribution in [0.25, 0.3) is 10.8 Å². The molecule has 6 rings (SSSR count). The van der Waals surface area contributed by atoms with Gasteiger partial charge in [-0.1, -0.05) is 80.6 Å². The van der Waals surface area contributed by atoms with E-state index in [9.17, 15) is 9.59 Å². The monoisotopic (exact) mass is 545 g/mol. The van der Waals surface area contributed by atoms with Gasteiger partial charge >= 0.3 is 5.97 Å². The van der Waals surface area contributed by atoms with Crippen molar-refractivity contribution >= 4 is 28.2 Å². The molecule has 0 spiro atoms. The maximum absolute atomic E-state index is 14.1. The van der Waals surface area contributed by atoms with E-state index in [0.29, 0.717) is 30.9 Å². The molecule has 0 amide bonds. The number of Topliss-reactive ketones (excluding diaryl/α,β-unsaturated/α-hetero) is 1. The third kappa shape index (κ3) is 5.24. The number of carbonyl (C=O) groups is 2. The summed E-state index contributed by atoms with van der Waals surface area (Å²) in [7, 11) is 0. The third-order valence-electron chi connectivity index (χ3n) is 8.01. The number of fused-ring (bicyclic) bond motifs is 3. The normalized spacial score (nSPS) is 18.1. The van der Waals surface area contributed by atoms with Gasteiger partial charge in [0.1, 0.15) is 0 Å². The first kappa shape index (κ1) is 26.8. The zero-order valence-corrected chi connectivity index (χ0v) is 23.8. The van der Waals surface area contributed by atoms with Crippen LogP contribution in [0.2, 0.25) is 0 Å². The first-order chi connectivity index (χ1) is 19.9. The maximum atomic E-state index is 14.1. The second-order valence-electron chi connectivity index (χ2n) is 11.3. The Bertz CT molecular complexity index is 1650. The number of hydrogen-bond donors (Lipinski definition) is 1. The molecule has 0 unspecified atom stereocenters. The molecular formula is C36H35NO4. The molecule has 1 N–H and O–H groups in total. The number of nitrogens with one attached hydrogen (secondary N) is 1. The van der Waals surface area contributed by atoms with Gasteiger partial charge in [-0.2, -0.15) is 0 Å². The van der Waals surface area contributed by atoms with E-state index in [4.69, 9.17) is 9.47 Å². The predicted octanol–water partition coefficient (Wildman–Crippen LogP) is 8.15. The van der Waals surface area contributed by atoms with Gasteiger partial charge in [0.15, 0.2) is 17.3 Å². The molecule has 1 heterocycles. The van der Waals surface area contributed by atoms with Crippen molar-refractivity contribution in [3.63, 3.8) is 0 Å². The molecular weight excluding hydrogens is 510 g/mol. The molecule has 41 heavy (non-hydrogen) atoms. The summed E-state index contributed by atoms with van der Waals surface area (Å²) >= 11 is 0. The molecule has 2 aliphatic rings. The van der Waals surface area contributed by atoms with E-state index < -0.39 is 0 Å². The smallest absolute Gasteiger partial charge is 0.311 e. The van der Waals surface area contributed by atoms with E-state index in [1.54, 1.807) is 0 Å². The first-order valence-corrected chi connectivity index (χ1v) is 14.5. The minimum Gasteiger partial charge on any atom is -0.490 e. The van der Waals surface area contributed by atoms with E-state index in [0.717, 1.165) is 45.3 Å². The second-order valence-corrected chi connectivity index (χ2v) is 11.3. The highest BCUT2D eigenvalue weighted by atomic mass is 16.6. The molecule has 0 saturated heterocycles. The van der Waals surface area contributed by atoms with Crippen LogP contribution >= 0.6 is 0 Å². The number of rotatable bonds is 7. The minimum absolute atomic E-state index is 0.124. The fraction of sp³-hybridized carbons (Fsp3) is 0.278. The highest BCUT2D eigenvalue weighted by molar-refractivity contribution is 6.04. The Morgan fingerprint density at radius 2 is 1.68 bits per heavy atom. The topological polar surface area (TPSA) is 64.6 Å². The van der Waals surface area contributed by atoms with Gasteiger partial charge in [-0.05, 0) is 70.8 Å². The van der Waals surface area contributed by atoms with E-state index in [2.05, 4.69) is 41.7 Å². The van der Waals surface area contributed by atoms with Crippen molar-refractivity contribution in [3.8, 4) is 11.5 Å². The fourth-order valence-electron chi connectivity index (χ4n) is 6.26. The number of anilines is 1. The lowest BCUT2D eigenvalue weighted by Gasteiger charge is -2.37. The van der Waals surface area contributed by atoms with Crippen molar-refractivity contribution < 1.29 is 19.1 Å². The Morgan fingerprint density at radius 1 is 0.902 bits per heavy atom. The fourth-order valence-corrected chi connectivity index (χ4v) is 6.26. The van der Waals surface area contributed by atoms with Gasteiger partial charge in [0.05, 0.1) is 6.61 Å². The molecule has 0 bridgehead atoms. The van der Waals surface area contributed by atoms with Crippen LogP contribution < -0.4 is 14.8 Å². The molecule has 0 radical (unpaired) electrons. The van der Waals surface area contributed by atoms with Crippen LogP contribution in [0.15, 0.2) is 96.2 Å². The molecule has 5 nitrogen and oxygen atoms in total. The van der Waals surface area contributed by atoms with Crippen LogP contribution in [0.1, 0.15) is 68.6 Å². The summed E-state index contributed by atoms with van der Waals surface area (Å²) in [6.45, 7) is 6.31. The highest BCUT2D eigenvalue weighted by Crippen LogP contribution is 2.51. The van der Waals surface area contributed by atoms with Crippen LogP contribution in [0.4, 0.5) is 5.69 Å². The molecule has 5 heteroatoms. The first-order valence-electron chi connectivity index (χ1n) is 14.5. The van der Waals surface area contributed by atoms with Gasteiger partial charge in [-0.25, -0.2) is 0 Å². The van der Waals surface area contributed by atoms with Gasteiger partial charge in [0.2, 0.25) is 0 Å². The summed E-state index contributed by atoms with van der Waals surface area (Å²) in [6, 6.07) is 28.6. The summed E-state index contributed by atoms with van der Waals surface area (Å²) in [6.07, 6.45) is 1.55.